The Hall–Kier alpha value is -3.70. The van der Waals surface area contributed by atoms with E-state index in [9.17, 15) is 9.18 Å². The van der Waals surface area contributed by atoms with Crippen molar-refractivity contribution in [1.29, 1.82) is 5.26 Å². The lowest BCUT2D eigenvalue weighted by atomic mass is 9.97. The Bertz CT molecular complexity index is 1240. The first-order valence-electron chi connectivity index (χ1n) is 10.4. The van der Waals surface area contributed by atoms with Crippen LogP contribution in [0.4, 0.5) is 10.1 Å². The van der Waals surface area contributed by atoms with Gasteiger partial charge in [0.1, 0.15) is 17.6 Å². The number of ether oxygens (including phenoxy) is 1. The molecule has 0 unspecified atom stereocenters. The Balaban J connectivity index is 1.93. The number of pyridine rings is 2. The predicted molar refractivity (Wildman–Crippen MR) is 121 cm³/mol. The van der Waals surface area contributed by atoms with Gasteiger partial charge < -0.3 is 19.9 Å². The van der Waals surface area contributed by atoms with Crippen LogP contribution in [-0.4, -0.2) is 35.8 Å². The second kappa shape index (κ2) is 8.81. The summed E-state index contributed by atoms with van der Waals surface area (Å²) in [7, 11) is 3.23. The van der Waals surface area contributed by atoms with Crippen LogP contribution in [0.3, 0.4) is 0 Å². The normalized spacial score (nSPS) is 14.3. The fourth-order valence-electron chi connectivity index (χ4n) is 4.07. The van der Waals surface area contributed by atoms with Gasteiger partial charge in [0.15, 0.2) is 0 Å². The van der Waals surface area contributed by atoms with E-state index in [2.05, 4.69) is 4.98 Å². The van der Waals surface area contributed by atoms with Crippen LogP contribution >= 0.6 is 0 Å². The standard InChI is InChI=1S/C24H24FN5O2/c1-29-23(17-5-6-22(32-2)28-14-17)19(15-3-4-16(13-26)20(25)11-15)12-21(24(29)31)30-9-7-18(27)8-10-30/h3-6,11-12,14,18H,7-10,27H2,1-2H3. The van der Waals surface area contributed by atoms with Gasteiger partial charge in [-0.2, -0.15) is 5.26 Å². The molecule has 1 fully saturated rings. The fraction of sp³-hybridized carbons (Fsp3) is 0.292. The van der Waals surface area contributed by atoms with Gasteiger partial charge in [-0.1, -0.05) is 6.07 Å². The van der Waals surface area contributed by atoms with Gasteiger partial charge in [0.2, 0.25) is 5.88 Å². The molecule has 0 amide bonds. The molecule has 32 heavy (non-hydrogen) atoms. The van der Waals surface area contributed by atoms with E-state index in [-0.39, 0.29) is 17.2 Å². The Morgan fingerprint density at radius 1 is 1.19 bits per heavy atom. The van der Waals surface area contributed by atoms with E-state index in [0.717, 1.165) is 12.8 Å². The van der Waals surface area contributed by atoms with Crippen LogP contribution in [0, 0.1) is 17.1 Å². The largest absolute Gasteiger partial charge is 0.481 e. The molecule has 3 heterocycles. The molecular formula is C24H24FN5O2. The maximum atomic E-state index is 14.5. The molecule has 0 spiro atoms. The summed E-state index contributed by atoms with van der Waals surface area (Å²) in [5.41, 5.74) is 8.94. The van der Waals surface area contributed by atoms with E-state index in [1.54, 1.807) is 36.0 Å². The van der Waals surface area contributed by atoms with Crippen molar-refractivity contribution in [2.75, 3.05) is 25.1 Å². The maximum absolute atomic E-state index is 14.5. The molecule has 2 N–H and O–H groups in total. The Labute approximate surface area is 185 Å². The Morgan fingerprint density at radius 3 is 2.50 bits per heavy atom. The van der Waals surface area contributed by atoms with Crippen LogP contribution in [-0.2, 0) is 7.05 Å². The van der Waals surface area contributed by atoms with E-state index in [0.29, 0.717) is 47.0 Å². The maximum Gasteiger partial charge on any atom is 0.274 e. The first-order valence-corrected chi connectivity index (χ1v) is 10.4. The quantitative estimate of drug-likeness (QED) is 0.679. The molecule has 1 aromatic carbocycles. The van der Waals surface area contributed by atoms with Crippen molar-refractivity contribution < 1.29 is 9.13 Å². The number of benzene rings is 1. The lowest BCUT2D eigenvalue weighted by molar-refractivity contribution is 0.398. The summed E-state index contributed by atoms with van der Waals surface area (Å²) in [5, 5.41) is 9.11. The van der Waals surface area contributed by atoms with Crippen LogP contribution in [0.2, 0.25) is 0 Å². The molecule has 0 aliphatic carbocycles. The molecule has 8 heteroatoms. The highest BCUT2D eigenvalue weighted by Gasteiger charge is 2.23. The van der Waals surface area contributed by atoms with E-state index < -0.39 is 5.82 Å². The molecule has 3 aromatic rings. The van der Waals surface area contributed by atoms with Gasteiger partial charge >= 0.3 is 0 Å². The average Bonchev–Trinajstić information content (AvgIpc) is 2.81. The first kappa shape index (κ1) is 21.5. The summed E-state index contributed by atoms with van der Waals surface area (Å²) in [5.74, 6) is -0.158. The van der Waals surface area contributed by atoms with Gasteiger partial charge in [-0.05, 0) is 42.7 Å². The monoisotopic (exact) mass is 433 g/mol. The summed E-state index contributed by atoms with van der Waals surface area (Å²) in [4.78, 5) is 19.6. The minimum absolute atomic E-state index is 0.0310. The number of nitrogens with zero attached hydrogens (tertiary/aromatic N) is 4. The third-order valence-electron chi connectivity index (χ3n) is 5.90. The van der Waals surface area contributed by atoms with Gasteiger partial charge in [-0.15, -0.1) is 0 Å². The van der Waals surface area contributed by atoms with E-state index in [4.69, 9.17) is 15.7 Å². The molecule has 0 radical (unpaired) electrons. The molecule has 1 aliphatic rings. The molecule has 164 valence electrons. The summed E-state index contributed by atoms with van der Waals surface area (Å²) in [6.45, 7) is 1.36. The molecular weight excluding hydrogens is 409 g/mol. The number of methoxy groups -OCH3 is 1. The van der Waals surface area contributed by atoms with Crippen molar-refractivity contribution in [3.05, 3.63) is 64.3 Å². The lowest BCUT2D eigenvalue weighted by Gasteiger charge is -2.32. The third kappa shape index (κ3) is 3.95. The number of hydrogen-bond donors (Lipinski definition) is 1. The lowest BCUT2D eigenvalue weighted by Crippen LogP contribution is -2.42. The number of aromatic nitrogens is 2. The zero-order valence-electron chi connectivity index (χ0n) is 18.0. The Kier molecular flexibility index (Phi) is 5.93. The number of rotatable bonds is 4. The van der Waals surface area contributed by atoms with E-state index in [1.807, 2.05) is 17.0 Å². The van der Waals surface area contributed by atoms with Gasteiger partial charge in [0, 0.05) is 49.6 Å². The summed E-state index contributed by atoms with van der Waals surface area (Å²) in [6.07, 6.45) is 3.22. The molecule has 0 saturated carbocycles. The summed E-state index contributed by atoms with van der Waals surface area (Å²) >= 11 is 0. The topological polar surface area (TPSA) is 97.2 Å². The fourth-order valence-corrected chi connectivity index (χ4v) is 4.07. The highest BCUT2D eigenvalue weighted by Crippen LogP contribution is 2.34. The van der Waals surface area contributed by atoms with Crippen LogP contribution in [0.15, 0.2) is 47.4 Å². The minimum atomic E-state index is -0.608. The summed E-state index contributed by atoms with van der Waals surface area (Å²) < 4.78 is 21.2. The Morgan fingerprint density at radius 2 is 1.91 bits per heavy atom. The first-order chi connectivity index (χ1) is 15.4. The van der Waals surface area contributed by atoms with Crippen molar-refractivity contribution >= 4 is 5.69 Å². The van der Waals surface area contributed by atoms with Gasteiger partial charge in [-0.25, -0.2) is 9.37 Å². The van der Waals surface area contributed by atoms with Crippen LogP contribution in [0.5, 0.6) is 5.88 Å². The highest BCUT2D eigenvalue weighted by molar-refractivity contribution is 5.83. The molecule has 4 rings (SSSR count). The van der Waals surface area contributed by atoms with Crippen LogP contribution < -0.4 is 20.9 Å². The van der Waals surface area contributed by atoms with Crippen molar-refractivity contribution in [2.24, 2.45) is 12.8 Å². The minimum Gasteiger partial charge on any atom is -0.481 e. The molecule has 0 bridgehead atoms. The number of halogens is 1. The summed E-state index contributed by atoms with van der Waals surface area (Å²) in [6, 6.07) is 11.8. The molecule has 1 aliphatic heterocycles. The molecule has 7 nitrogen and oxygen atoms in total. The number of nitriles is 1. The highest BCUT2D eigenvalue weighted by atomic mass is 19.1. The number of piperidine rings is 1. The number of nitrogens with two attached hydrogens (primary N) is 1. The zero-order valence-corrected chi connectivity index (χ0v) is 18.0. The second-order valence-electron chi connectivity index (χ2n) is 7.88. The predicted octanol–water partition coefficient (Wildman–Crippen LogP) is 3.06. The van der Waals surface area contributed by atoms with Gasteiger partial charge in [0.25, 0.3) is 5.56 Å². The van der Waals surface area contributed by atoms with Crippen LogP contribution in [0.1, 0.15) is 18.4 Å². The van der Waals surface area contributed by atoms with Crippen molar-refractivity contribution in [2.45, 2.75) is 18.9 Å². The number of hydrogen-bond acceptors (Lipinski definition) is 6. The smallest absolute Gasteiger partial charge is 0.274 e. The van der Waals surface area contributed by atoms with Gasteiger partial charge in [0.05, 0.1) is 18.4 Å². The van der Waals surface area contributed by atoms with E-state index >= 15 is 0 Å². The van der Waals surface area contributed by atoms with Crippen molar-refractivity contribution in [3.8, 4) is 34.3 Å². The molecule has 1 saturated heterocycles. The third-order valence-corrected chi connectivity index (χ3v) is 5.90. The van der Waals surface area contributed by atoms with Crippen molar-refractivity contribution in [3.63, 3.8) is 0 Å². The van der Waals surface area contributed by atoms with Gasteiger partial charge in [-0.3, -0.25) is 4.79 Å². The SMILES string of the molecule is COc1ccc(-c2c(-c3ccc(C#N)c(F)c3)cc(N3CCC(N)CC3)c(=O)n2C)cn1. The number of anilines is 1. The molecule has 0 atom stereocenters. The second-order valence-corrected chi connectivity index (χ2v) is 7.88. The molecule has 2 aromatic heterocycles. The van der Waals surface area contributed by atoms with E-state index in [1.165, 1.54) is 19.2 Å². The van der Waals surface area contributed by atoms with Crippen molar-refractivity contribution in [1.82, 2.24) is 9.55 Å². The zero-order chi connectivity index (χ0) is 22.8. The average molecular weight is 433 g/mol. The van der Waals surface area contributed by atoms with Crippen LogP contribution in [0.25, 0.3) is 22.4 Å².